The van der Waals surface area contributed by atoms with Crippen molar-refractivity contribution in [3.63, 3.8) is 0 Å². The lowest BCUT2D eigenvalue weighted by molar-refractivity contribution is 0.274. The molecule has 0 saturated heterocycles. The van der Waals surface area contributed by atoms with E-state index in [1.807, 2.05) is 12.5 Å². The van der Waals surface area contributed by atoms with E-state index >= 15 is 0 Å². The van der Waals surface area contributed by atoms with Crippen LogP contribution in [-0.2, 0) is 13.2 Å². The highest BCUT2D eigenvalue weighted by Gasteiger charge is 2.14. The standard InChI is InChI=1S/C12H12ClN3O2S.C6H7BrN2OS/c1-18-11-8(3-7(13)4-14-11)9-5-15-12(19-2)16-10(9)6-17;1-11-6-8-2-4(7)5(3-10)9-6/h3-5,17H,6H2,1-2H3;2,10H,3H2,1H3. The second-order valence-corrected chi connectivity index (χ2v) is 8.23. The average Bonchev–Trinajstić information content (AvgIpc) is 2.79. The van der Waals surface area contributed by atoms with Crippen molar-refractivity contribution >= 4 is 51.1 Å². The molecule has 3 aromatic rings. The molecule has 3 rings (SSSR count). The Balaban J connectivity index is 0.000000248. The monoisotopic (exact) mass is 531 g/mol. The Labute approximate surface area is 196 Å². The summed E-state index contributed by atoms with van der Waals surface area (Å²) in [7, 11) is 1.52. The Kier molecular flexibility index (Phi) is 10.2. The summed E-state index contributed by atoms with van der Waals surface area (Å²) in [6.07, 6.45) is 8.55. The third kappa shape index (κ3) is 6.50. The molecule has 0 bridgehead atoms. The van der Waals surface area contributed by atoms with Crippen LogP contribution < -0.4 is 4.74 Å². The van der Waals surface area contributed by atoms with Crippen LogP contribution in [0.3, 0.4) is 0 Å². The minimum Gasteiger partial charge on any atom is -0.481 e. The summed E-state index contributed by atoms with van der Waals surface area (Å²) in [6, 6.07) is 1.71. The van der Waals surface area contributed by atoms with E-state index in [9.17, 15) is 5.11 Å². The second kappa shape index (κ2) is 12.4. The number of rotatable bonds is 6. The Morgan fingerprint density at radius 2 is 1.53 bits per heavy atom. The maximum atomic E-state index is 9.44. The smallest absolute Gasteiger partial charge is 0.221 e. The van der Waals surface area contributed by atoms with Gasteiger partial charge in [-0.05, 0) is 34.5 Å². The first-order chi connectivity index (χ1) is 14.5. The summed E-state index contributed by atoms with van der Waals surface area (Å²) in [6.45, 7) is -0.252. The van der Waals surface area contributed by atoms with Crippen molar-refractivity contribution in [1.82, 2.24) is 24.9 Å². The van der Waals surface area contributed by atoms with Crippen molar-refractivity contribution in [1.29, 1.82) is 0 Å². The largest absolute Gasteiger partial charge is 0.481 e. The first-order valence-corrected chi connectivity index (χ1v) is 12.0. The van der Waals surface area contributed by atoms with Crippen molar-refractivity contribution in [3.05, 3.63) is 45.5 Å². The van der Waals surface area contributed by atoms with E-state index in [0.717, 1.165) is 4.47 Å². The van der Waals surface area contributed by atoms with Crippen LogP contribution in [0.4, 0.5) is 0 Å². The van der Waals surface area contributed by atoms with Gasteiger partial charge in [0.05, 0.1) is 41.2 Å². The zero-order valence-electron chi connectivity index (χ0n) is 16.3. The van der Waals surface area contributed by atoms with Gasteiger partial charge in [0.15, 0.2) is 10.3 Å². The normalized spacial score (nSPS) is 10.4. The lowest BCUT2D eigenvalue weighted by atomic mass is 10.1. The SMILES string of the molecule is COc1ncc(Cl)cc1-c1cnc(SC)nc1CO.CSc1ncc(Br)c(CO)n1. The molecular formula is C18H19BrClN5O3S2. The predicted molar refractivity (Wildman–Crippen MR) is 122 cm³/mol. The predicted octanol–water partition coefficient (Wildman–Crippen LogP) is 3.87. The Morgan fingerprint density at radius 3 is 2.10 bits per heavy atom. The van der Waals surface area contributed by atoms with E-state index in [2.05, 4.69) is 40.8 Å². The Bertz CT molecular complexity index is 1000. The van der Waals surface area contributed by atoms with Crippen LogP contribution in [-0.4, -0.2) is 54.8 Å². The van der Waals surface area contributed by atoms with E-state index in [1.165, 1.54) is 36.8 Å². The number of methoxy groups -OCH3 is 1. The molecule has 0 radical (unpaired) electrons. The van der Waals surface area contributed by atoms with Crippen LogP contribution in [0.5, 0.6) is 5.88 Å². The maximum Gasteiger partial charge on any atom is 0.221 e. The molecule has 0 saturated carbocycles. The molecule has 8 nitrogen and oxygen atoms in total. The number of pyridine rings is 1. The van der Waals surface area contributed by atoms with Crippen molar-refractivity contribution in [2.45, 2.75) is 23.5 Å². The molecule has 12 heteroatoms. The summed E-state index contributed by atoms with van der Waals surface area (Å²) in [5.74, 6) is 0.416. The molecule has 30 heavy (non-hydrogen) atoms. The van der Waals surface area contributed by atoms with Crippen molar-refractivity contribution in [2.24, 2.45) is 0 Å². The summed E-state index contributed by atoms with van der Waals surface area (Å²) in [5.41, 5.74) is 2.46. The molecule has 0 aliphatic carbocycles. The highest BCUT2D eigenvalue weighted by Crippen LogP contribution is 2.32. The third-order valence-electron chi connectivity index (χ3n) is 3.61. The number of halogens is 2. The topological polar surface area (TPSA) is 114 Å². The first kappa shape index (κ1) is 24.8. The molecule has 3 heterocycles. The van der Waals surface area contributed by atoms with Gasteiger partial charge in [0.1, 0.15) is 0 Å². The van der Waals surface area contributed by atoms with Gasteiger partial charge >= 0.3 is 0 Å². The minimum absolute atomic E-state index is 0.0589. The number of hydrogen-bond donors (Lipinski definition) is 2. The minimum atomic E-state index is -0.193. The number of aliphatic hydroxyl groups excluding tert-OH is 2. The van der Waals surface area contributed by atoms with Crippen LogP contribution in [0.25, 0.3) is 11.1 Å². The Hall–Kier alpha value is -1.50. The van der Waals surface area contributed by atoms with Gasteiger partial charge in [-0.15, -0.1) is 0 Å². The van der Waals surface area contributed by atoms with E-state index < -0.39 is 0 Å². The van der Waals surface area contributed by atoms with E-state index in [0.29, 0.717) is 43.7 Å². The van der Waals surface area contributed by atoms with Crippen LogP contribution in [0.1, 0.15) is 11.4 Å². The molecule has 0 aliphatic heterocycles. The number of aliphatic hydroxyl groups is 2. The summed E-state index contributed by atoms with van der Waals surface area (Å²) in [5, 5.41) is 20.0. The molecule has 2 N–H and O–H groups in total. The Morgan fingerprint density at radius 1 is 0.933 bits per heavy atom. The molecule has 0 aliphatic rings. The van der Waals surface area contributed by atoms with Gasteiger partial charge < -0.3 is 14.9 Å². The van der Waals surface area contributed by atoms with Gasteiger partial charge in [-0.3, -0.25) is 0 Å². The lowest BCUT2D eigenvalue weighted by Crippen LogP contribution is -2.00. The van der Waals surface area contributed by atoms with Gasteiger partial charge in [-0.1, -0.05) is 35.1 Å². The highest BCUT2D eigenvalue weighted by molar-refractivity contribution is 9.10. The zero-order valence-corrected chi connectivity index (χ0v) is 20.3. The quantitative estimate of drug-likeness (QED) is 0.358. The molecule has 0 aromatic carbocycles. The fraction of sp³-hybridized carbons (Fsp3) is 0.278. The van der Waals surface area contributed by atoms with Gasteiger partial charge in [0.2, 0.25) is 5.88 Å². The maximum absolute atomic E-state index is 9.44. The van der Waals surface area contributed by atoms with Crippen LogP contribution in [0.2, 0.25) is 5.02 Å². The summed E-state index contributed by atoms with van der Waals surface area (Å²) >= 11 is 12.0. The van der Waals surface area contributed by atoms with Gasteiger partial charge in [0, 0.05) is 29.7 Å². The second-order valence-electron chi connectivity index (χ2n) is 5.40. The molecule has 3 aromatic heterocycles. The van der Waals surface area contributed by atoms with E-state index in [1.54, 1.807) is 18.5 Å². The number of aromatic nitrogens is 5. The van der Waals surface area contributed by atoms with E-state index in [4.69, 9.17) is 21.4 Å². The van der Waals surface area contributed by atoms with Gasteiger partial charge in [-0.25, -0.2) is 24.9 Å². The zero-order chi connectivity index (χ0) is 22.1. The molecule has 0 unspecified atom stereocenters. The van der Waals surface area contributed by atoms with Crippen LogP contribution >= 0.6 is 51.1 Å². The summed E-state index contributed by atoms with van der Waals surface area (Å²) < 4.78 is 5.95. The summed E-state index contributed by atoms with van der Waals surface area (Å²) in [4.78, 5) is 20.6. The number of hydrogen-bond acceptors (Lipinski definition) is 10. The first-order valence-electron chi connectivity index (χ1n) is 8.34. The van der Waals surface area contributed by atoms with Crippen LogP contribution in [0.15, 0.2) is 39.4 Å². The van der Waals surface area contributed by atoms with Gasteiger partial charge in [0.25, 0.3) is 0 Å². The number of ether oxygens (including phenoxy) is 1. The molecule has 0 spiro atoms. The molecule has 0 amide bonds. The molecular weight excluding hydrogens is 514 g/mol. The fourth-order valence-electron chi connectivity index (χ4n) is 2.22. The highest BCUT2D eigenvalue weighted by atomic mass is 79.9. The number of nitrogens with zero attached hydrogens (tertiary/aromatic N) is 5. The molecule has 0 atom stereocenters. The lowest BCUT2D eigenvalue weighted by Gasteiger charge is -2.11. The number of thioether (sulfide) groups is 2. The fourth-order valence-corrected chi connectivity index (χ4v) is 3.41. The third-order valence-corrected chi connectivity index (χ3v) is 5.60. The molecule has 160 valence electrons. The average molecular weight is 533 g/mol. The van der Waals surface area contributed by atoms with Crippen molar-refractivity contribution < 1.29 is 14.9 Å². The van der Waals surface area contributed by atoms with Gasteiger partial charge in [-0.2, -0.15) is 0 Å². The van der Waals surface area contributed by atoms with Crippen LogP contribution in [0, 0.1) is 0 Å². The van der Waals surface area contributed by atoms with E-state index in [-0.39, 0.29) is 13.2 Å². The van der Waals surface area contributed by atoms with Crippen molar-refractivity contribution in [3.8, 4) is 17.0 Å². The molecule has 0 fully saturated rings. The van der Waals surface area contributed by atoms with Crippen molar-refractivity contribution in [2.75, 3.05) is 19.6 Å².